The molecule has 0 rings (SSSR count). The fourth-order valence-corrected chi connectivity index (χ4v) is 3.72. The lowest BCUT2D eigenvalue weighted by atomic mass is 10.0. The van der Waals surface area contributed by atoms with Crippen molar-refractivity contribution in [2.24, 2.45) is 0 Å². The van der Waals surface area contributed by atoms with Crippen LogP contribution in [-0.2, 0) is 19.1 Å². The van der Waals surface area contributed by atoms with Gasteiger partial charge in [-0.25, -0.2) is 9.59 Å². The number of rotatable bonds is 22. The number of hydrogen-bond acceptors (Lipinski definition) is 6. The second-order valence-electron chi connectivity index (χ2n) is 9.59. The van der Waals surface area contributed by atoms with Crippen molar-refractivity contribution in [2.75, 3.05) is 0 Å². The number of esters is 2. The van der Waals surface area contributed by atoms with Gasteiger partial charge in [0.1, 0.15) is 0 Å². The molecule has 34 heavy (non-hydrogen) atoms. The van der Waals surface area contributed by atoms with Gasteiger partial charge >= 0.3 is 17.9 Å². The van der Waals surface area contributed by atoms with Gasteiger partial charge in [0.25, 0.3) is 0 Å². The zero-order valence-electron chi connectivity index (χ0n) is 22.0. The van der Waals surface area contributed by atoms with Gasteiger partial charge in [0.15, 0.2) is 6.10 Å². The van der Waals surface area contributed by atoms with E-state index >= 15 is 0 Å². The topological polar surface area (TPSA) is 93.1 Å². The van der Waals surface area contributed by atoms with E-state index in [0.717, 1.165) is 19.3 Å². The standard InChI is InChI=1S/C28H50O6/c1-6-7-8-9-10-11-12-13-14-15-16-17-18-19-20-21-22-25(33-26(29)23(2)3)28(31,32)34-27(30)24(4)5/h25,31-32H,2,4,6-22H2,1,3,5H3. The van der Waals surface area contributed by atoms with Gasteiger partial charge < -0.3 is 19.7 Å². The molecule has 0 spiro atoms. The summed E-state index contributed by atoms with van der Waals surface area (Å²) in [6.45, 7) is 12.0. The monoisotopic (exact) mass is 482 g/mol. The summed E-state index contributed by atoms with van der Waals surface area (Å²) in [5.41, 5.74) is 0.138. The van der Waals surface area contributed by atoms with Gasteiger partial charge in [-0.2, -0.15) is 0 Å². The smallest absolute Gasteiger partial charge is 0.363 e. The van der Waals surface area contributed by atoms with Gasteiger partial charge in [0, 0.05) is 11.1 Å². The predicted molar refractivity (Wildman–Crippen MR) is 137 cm³/mol. The Morgan fingerprint density at radius 2 is 1.03 bits per heavy atom. The van der Waals surface area contributed by atoms with Crippen molar-refractivity contribution in [3.63, 3.8) is 0 Å². The number of unbranched alkanes of at least 4 members (excludes halogenated alkanes) is 15. The highest BCUT2D eigenvalue weighted by Gasteiger charge is 2.42. The first-order valence-corrected chi connectivity index (χ1v) is 13.3. The van der Waals surface area contributed by atoms with E-state index in [1.807, 2.05) is 0 Å². The van der Waals surface area contributed by atoms with Crippen molar-refractivity contribution in [2.45, 2.75) is 142 Å². The van der Waals surface area contributed by atoms with Crippen molar-refractivity contribution < 1.29 is 29.3 Å². The van der Waals surface area contributed by atoms with Crippen LogP contribution in [0.25, 0.3) is 0 Å². The van der Waals surface area contributed by atoms with E-state index in [2.05, 4.69) is 24.8 Å². The normalized spacial score (nSPS) is 12.3. The Morgan fingerprint density at radius 1 is 0.676 bits per heavy atom. The minimum atomic E-state index is -2.92. The van der Waals surface area contributed by atoms with Crippen LogP contribution in [0.5, 0.6) is 0 Å². The van der Waals surface area contributed by atoms with E-state index in [1.54, 1.807) is 0 Å². The Labute approximate surface area is 207 Å². The second kappa shape index (κ2) is 19.6. The molecule has 0 radical (unpaired) electrons. The van der Waals surface area contributed by atoms with Crippen LogP contribution in [0.2, 0.25) is 0 Å². The number of aliphatic hydroxyl groups is 2. The van der Waals surface area contributed by atoms with Crippen LogP contribution in [0.4, 0.5) is 0 Å². The van der Waals surface area contributed by atoms with Gasteiger partial charge in [0.05, 0.1) is 0 Å². The average molecular weight is 483 g/mol. The van der Waals surface area contributed by atoms with Crippen molar-refractivity contribution in [3.8, 4) is 0 Å². The molecule has 0 aromatic heterocycles. The summed E-state index contributed by atoms with van der Waals surface area (Å²) >= 11 is 0. The Kier molecular flexibility index (Phi) is 18.7. The summed E-state index contributed by atoms with van der Waals surface area (Å²) in [5.74, 6) is -4.65. The van der Waals surface area contributed by atoms with Crippen LogP contribution >= 0.6 is 0 Å². The molecule has 0 aromatic carbocycles. The molecule has 1 unspecified atom stereocenters. The third-order valence-electron chi connectivity index (χ3n) is 5.93. The molecule has 0 bridgehead atoms. The lowest BCUT2D eigenvalue weighted by Gasteiger charge is -2.30. The maximum absolute atomic E-state index is 11.9. The highest BCUT2D eigenvalue weighted by atomic mass is 16.8. The average Bonchev–Trinajstić information content (AvgIpc) is 2.77. The summed E-state index contributed by atoms with van der Waals surface area (Å²) in [7, 11) is 0. The lowest BCUT2D eigenvalue weighted by molar-refractivity contribution is -0.358. The molecule has 2 N–H and O–H groups in total. The van der Waals surface area contributed by atoms with Crippen molar-refractivity contribution in [1.29, 1.82) is 0 Å². The first kappa shape index (κ1) is 32.3. The maximum atomic E-state index is 11.9. The fraction of sp³-hybridized carbons (Fsp3) is 0.786. The first-order valence-electron chi connectivity index (χ1n) is 13.3. The third-order valence-corrected chi connectivity index (χ3v) is 5.93. The van der Waals surface area contributed by atoms with Crippen molar-refractivity contribution in [1.82, 2.24) is 0 Å². The molecule has 198 valence electrons. The molecule has 0 fully saturated rings. The van der Waals surface area contributed by atoms with E-state index < -0.39 is 24.0 Å². The Hall–Kier alpha value is -1.66. The third kappa shape index (κ3) is 16.9. The van der Waals surface area contributed by atoms with Crippen LogP contribution < -0.4 is 0 Å². The molecule has 0 aliphatic carbocycles. The quantitative estimate of drug-likeness (QED) is 0.0756. The number of hydrogen-bond donors (Lipinski definition) is 2. The van der Waals surface area contributed by atoms with Crippen LogP contribution in [0.15, 0.2) is 24.3 Å². The molecule has 0 saturated heterocycles. The van der Waals surface area contributed by atoms with Crippen LogP contribution in [0, 0.1) is 0 Å². The van der Waals surface area contributed by atoms with E-state index in [4.69, 9.17) is 4.74 Å². The Balaban J connectivity index is 4.02. The molecule has 0 heterocycles. The predicted octanol–water partition coefficient (Wildman–Crippen LogP) is 6.88. The number of carbonyl (C=O) groups excluding carboxylic acids is 2. The largest absolute Gasteiger partial charge is 0.449 e. The first-order chi connectivity index (χ1) is 16.1. The molecule has 0 aliphatic rings. The van der Waals surface area contributed by atoms with Crippen LogP contribution in [0.1, 0.15) is 130 Å². The van der Waals surface area contributed by atoms with Gasteiger partial charge in [-0.3, -0.25) is 0 Å². The van der Waals surface area contributed by atoms with Crippen LogP contribution in [-0.4, -0.2) is 34.2 Å². The zero-order chi connectivity index (χ0) is 25.8. The Bertz CT molecular complexity index is 596. The van der Waals surface area contributed by atoms with Crippen LogP contribution in [0.3, 0.4) is 0 Å². The molecule has 6 heteroatoms. The molecular formula is C28H50O6. The highest BCUT2D eigenvalue weighted by Crippen LogP contribution is 2.22. The number of ether oxygens (including phenoxy) is 2. The molecule has 0 amide bonds. The maximum Gasteiger partial charge on any atom is 0.363 e. The SMILES string of the molecule is C=C(C)C(=O)OC(CCCCCCCCCCCCCCCCCC)C(O)(O)OC(=O)C(=C)C. The number of carbonyl (C=O) groups is 2. The summed E-state index contributed by atoms with van der Waals surface area (Å²) in [5, 5.41) is 20.4. The minimum Gasteiger partial charge on any atom is -0.449 e. The van der Waals surface area contributed by atoms with Gasteiger partial charge in [-0.05, 0) is 26.7 Å². The summed E-state index contributed by atoms with van der Waals surface area (Å²) in [6, 6.07) is 0. The van der Waals surface area contributed by atoms with Gasteiger partial charge in [-0.1, -0.05) is 116 Å². The second-order valence-corrected chi connectivity index (χ2v) is 9.59. The highest BCUT2D eigenvalue weighted by molar-refractivity contribution is 5.88. The van der Waals surface area contributed by atoms with Gasteiger partial charge in [0.2, 0.25) is 0 Å². The molecule has 0 aliphatic heterocycles. The van der Waals surface area contributed by atoms with Gasteiger partial charge in [-0.15, -0.1) is 0 Å². The molecule has 0 aromatic rings. The zero-order valence-corrected chi connectivity index (χ0v) is 22.0. The molecule has 1 atom stereocenters. The molecular weight excluding hydrogens is 432 g/mol. The van der Waals surface area contributed by atoms with E-state index in [0.29, 0.717) is 6.42 Å². The van der Waals surface area contributed by atoms with E-state index in [9.17, 15) is 19.8 Å². The van der Waals surface area contributed by atoms with E-state index in [1.165, 1.54) is 90.9 Å². The molecule has 0 saturated carbocycles. The van der Waals surface area contributed by atoms with Crippen molar-refractivity contribution in [3.05, 3.63) is 24.3 Å². The molecule has 6 nitrogen and oxygen atoms in total. The summed E-state index contributed by atoms with van der Waals surface area (Å²) in [6.07, 6.45) is 18.4. The Morgan fingerprint density at radius 3 is 1.38 bits per heavy atom. The lowest BCUT2D eigenvalue weighted by Crippen LogP contribution is -2.48. The summed E-state index contributed by atoms with van der Waals surface area (Å²) < 4.78 is 9.82. The van der Waals surface area contributed by atoms with Crippen molar-refractivity contribution >= 4 is 11.9 Å². The minimum absolute atomic E-state index is 0.0138. The fourth-order valence-electron chi connectivity index (χ4n) is 3.72. The summed E-state index contributed by atoms with van der Waals surface area (Å²) in [4.78, 5) is 23.6. The van der Waals surface area contributed by atoms with E-state index in [-0.39, 0.29) is 17.6 Å².